The number of hydrogen-bond donors (Lipinski definition) is 1. The lowest BCUT2D eigenvalue weighted by Gasteiger charge is -2.48. The molecular formula is C26H29FO2. The highest BCUT2D eigenvalue weighted by atomic mass is 19.1. The number of Topliss-reactive ketones (excluding diaryl/α,β-unsaturated/α-hetero) is 1. The number of carbonyl (C=O) groups is 1. The molecule has 3 aliphatic rings. The number of benzene rings is 2. The minimum atomic E-state index is -1.27. The summed E-state index contributed by atoms with van der Waals surface area (Å²) in [6, 6.07) is 14.6. The van der Waals surface area contributed by atoms with Crippen LogP contribution in [0.3, 0.4) is 0 Å². The van der Waals surface area contributed by atoms with Gasteiger partial charge in [-0.25, -0.2) is 4.39 Å². The number of phenolic OH excluding ortho intramolecular Hbond substituents is 1. The summed E-state index contributed by atoms with van der Waals surface area (Å²) in [6.45, 7) is 2.01. The molecule has 0 aliphatic heterocycles. The van der Waals surface area contributed by atoms with Crippen LogP contribution >= 0.6 is 0 Å². The summed E-state index contributed by atoms with van der Waals surface area (Å²) in [7, 11) is 0. The predicted molar refractivity (Wildman–Crippen MR) is 112 cm³/mol. The maximum absolute atomic E-state index is 14.3. The second kappa shape index (κ2) is 6.97. The summed E-state index contributed by atoms with van der Waals surface area (Å²) in [5.74, 6) is 1.20. The summed E-state index contributed by atoms with van der Waals surface area (Å²) in [5.41, 5.74) is 4.41. The van der Waals surface area contributed by atoms with E-state index in [-0.39, 0.29) is 11.7 Å². The van der Waals surface area contributed by atoms with Crippen molar-refractivity contribution in [3.8, 4) is 5.75 Å². The normalized spacial score (nSPS) is 33.1. The number of carbonyl (C=O) groups excluding carboxylic acids is 1. The predicted octanol–water partition coefficient (Wildman–Crippen LogP) is 5.55. The van der Waals surface area contributed by atoms with E-state index in [0.717, 1.165) is 44.1 Å². The lowest BCUT2D eigenvalue weighted by Crippen LogP contribution is -2.42. The number of halogens is 1. The third-order valence-electron chi connectivity index (χ3n) is 8.15. The van der Waals surface area contributed by atoms with E-state index in [1.54, 1.807) is 0 Å². The zero-order valence-corrected chi connectivity index (χ0v) is 17.0. The first kappa shape index (κ1) is 18.8. The topological polar surface area (TPSA) is 37.3 Å². The van der Waals surface area contributed by atoms with Gasteiger partial charge in [-0.1, -0.05) is 43.3 Å². The molecule has 0 bridgehead atoms. The Morgan fingerprint density at radius 1 is 1.14 bits per heavy atom. The van der Waals surface area contributed by atoms with E-state index in [1.807, 2.05) is 31.2 Å². The Hall–Kier alpha value is -2.16. The maximum Gasteiger partial charge on any atom is 0.173 e. The minimum absolute atomic E-state index is 0.152. The first-order valence-electron chi connectivity index (χ1n) is 11.0. The molecule has 0 radical (unpaired) electrons. The van der Waals surface area contributed by atoms with Gasteiger partial charge in [0, 0.05) is 5.41 Å². The van der Waals surface area contributed by atoms with Gasteiger partial charge in [0.15, 0.2) is 12.0 Å². The molecule has 2 nitrogen and oxygen atoms in total. The average molecular weight is 393 g/mol. The molecule has 2 saturated carbocycles. The van der Waals surface area contributed by atoms with Crippen LogP contribution in [0.15, 0.2) is 42.5 Å². The van der Waals surface area contributed by atoms with Crippen LogP contribution in [-0.2, 0) is 24.1 Å². The summed E-state index contributed by atoms with van der Waals surface area (Å²) < 4.78 is 14.3. The molecule has 0 spiro atoms. The van der Waals surface area contributed by atoms with Gasteiger partial charge >= 0.3 is 0 Å². The Labute approximate surface area is 172 Å². The van der Waals surface area contributed by atoms with Gasteiger partial charge in [0.25, 0.3) is 0 Å². The van der Waals surface area contributed by atoms with E-state index in [4.69, 9.17) is 0 Å². The van der Waals surface area contributed by atoms with E-state index in [9.17, 15) is 14.3 Å². The highest BCUT2D eigenvalue weighted by Crippen LogP contribution is 2.60. The van der Waals surface area contributed by atoms with Crippen LogP contribution in [0.25, 0.3) is 0 Å². The fourth-order valence-electron chi connectivity index (χ4n) is 6.53. The van der Waals surface area contributed by atoms with Gasteiger partial charge in [0.1, 0.15) is 5.75 Å². The molecular weight excluding hydrogens is 363 g/mol. The van der Waals surface area contributed by atoms with Gasteiger partial charge in [-0.15, -0.1) is 0 Å². The van der Waals surface area contributed by atoms with Crippen LogP contribution in [0.5, 0.6) is 5.75 Å². The van der Waals surface area contributed by atoms with E-state index in [0.29, 0.717) is 24.0 Å². The van der Waals surface area contributed by atoms with Crippen molar-refractivity contribution in [3.05, 3.63) is 64.7 Å². The molecule has 0 saturated heterocycles. The smallest absolute Gasteiger partial charge is 0.173 e. The summed E-state index contributed by atoms with van der Waals surface area (Å²) in [6.07, 6.45) is 4.51. The number of rotatable bonds is 3. The molecule has 0 aromatic heterocycles. The lowest BCUT2D eigenvalue weighted by molar-refractivity contribution is -0.132. The zero-order valence-electron chi connectivity index (χ0n) is 17.0. The van der Waals surface area contributed by atoms with Gasteiger partial charge in [-0.2, -0.15) is 0 Å². The SMILES string of the molecule is C[C@]12CC[C@@H]3c4cc(CCc5ccccc5)c(O)cc4CC[C@H]3[C@@H]1C[C@H](F)C2=O. The molecule has 1 N–H and O–H groups in total. The second-order valence-electron chi connectivity index (χ2n) is 9.60. The highest BCUT2D eigenvalue weighted by Gasteiger charge is 2.58. The largest absolute Gasteiger partial charge is 0.508 e. The fraction of sp³-hybridized carbons (Fsp3) is 0.500. The molecule has 5 atom stereocenters. The van der Waals surface area contributed by atoms with Crippen molar-refractivity contribution in [3.63, 3.8) is 0 Å². The van der Waals surface area contributed by atoms with E-state index >= 15 is 0 Å². The average Bonchev–Trinajstić information content (AvgIpc) is 2.96. The van der Waals surface area contributed by atoms with Crippen LogP contribution in [0.1, 0.15) is 60.8 Å². The molecule has 0 unspecified atom stereocenters. The van der Waals surface area contributed by atoms with Gasteiger partial charge in [-0.05, 0) is 91.0 Å². The molecule has 3 heteroatoms. The Morgan fingerprint density at radius 3 is 2.72 bits per heavy atom. The Morgan fingerprint density at radius 2 is 1.93 bits per heavy atom. The Kier molecular flexibility index (Phi) is 4.53. The van der Waals surface area contributed by atoms with Crippen LogP contribution in [0.2, 0.25) is 0 Å². The highest BCUT2D eigenvalue weighted by molar-refractivity contribution is 5.91. The molecule has 2 fully saturated rings. The number of ketones is 1. The zero-order chi connectivity index (χ0) is 20.2. The molecule has 3 aliphatic carbocycles. The third-order valence-corrected chi connectivity index (χ3v) is 8.15. The summed E-state index contributed by atoms with van der Waals surface area (Å²) in [4.78, 5) is 12.5. The van der Waals surface area contributed by atoms with Crippen molar-refractivity contribution in [2.75, 3.05) is 0 Å². The Balaban J connectivity index is 1.43. The number of fused-ring (bicyclic) bond motifs is 5. The van der Waals surface area contributed by atoms with Crippen molar-refractivity contribution >= 4 is 5.78 Å². The first-order chi connectivity index (χ1) is 14.0. The molecule has 152 valence electrons. The monoisotopic (exact) mass is 392 g/mol. The standard InChI is InChI=1S/C26H29FO2/c1-26-12-11-19-20(22(26)15-23(27)25(26)29)10-9-17-14-24(28)18(13-21(17)19)8-7-16-5-3-2-4-6-16/h2-6,13-14,19-20,22-23,28H,7-12,15H2,1H3/t19-,20+,22-,23-,26-/m0/s1. The summed E-state index contributed by atoms with van der Waals surface area (Å²) >= 11 is 0. The van der Waals surface area contributed by atoms with E-state index < -0.39 is 11.6 Å². The quantitative estimate of drug-likeness (QED) is 0.743. The second-order valence-corrected chi connectivity index (χ2v) is 9.60. The van der Waals surface area contributed by atoms with Crippen molar-refractivity contribution in [2.24, 2.45) is 17.3 Å². The number of phenols is 1. The molecule has 2 aromatic rings. The molecule has 0 heterocycles. The van der Waals surface area contributed by atoms with Crippen molar-refractivity contribution in [1.29, 1.82) is 0 Å². The number of alkyl halides is 1. The third kappa shape index (κ3) is 3.01. The van der Waals surface area contributed by atoms with Gasteiger partial charge in [0.2, 0.25) is 0 Å². The first-order valence-corrected chi connectivity index (χ1v) is 11.0. The van der Waals surface area contributed by atoms with Crippen molar-refractivity contribution in [1.82, 2.24) is 0 Å². The summed E-state index contributed by atoms with van der Waals surface area (Å²) in [5, 5.41) is 10.6. The van der Waals surface area contributed by atoms with Crippen LogP contribution in [0.4, 0.5) is 4.39 Å². The minimum Gasteiger partial charge on any atom is -0.508 e. The van der Waals surface area contributed by atoms with Crippen LogP contribution in [0, 0.1) is 17.3 Å². The van der Waals surface area contributed by atoms with Gasteiger partial charge in [0.05, 0.1) is 0 Å². The Bertz CT molecular complexity index is 937. The van der Waals surface area contributed by atoms with E-state index in [2.05, 4.69) is 18.2 Å². The van der Waals surface area contributed by atoms with Crippen LogP contribution < -0.4 is 0 Å². The molecule has 2 aromatic carbocycles. The molecule has 5 rings (SSSR count). The number of hydrogen-bond acceptors (Lipinski definition) is 2. The maximum atomic E-state index is 14.3. The number of aromatic hydroxyl groups is 1. The van der Waals surface area contributed by atoms with E-state index in [1.165, 1.54) is 16.7 Å². The number of aryl methyl sites for hydroxylation is 3. The van der Waals surface area contributed by atoms with Gasteiger partial charge < -0.3 is 5.11 Å². The van der Waals surface area contributed by atoms with Crippen molar-refractivity contribution in [2.45, 2.75) is 64.0 Å². The lowest BCUT2D eigenvalue weighted by atomic mass is 9.55. The van der Waals surface area contributed by atoms with Crippen LogP contribution in [-0.4, -0.2) is 17.1 Å². The molecule has 29 heavy (non-hydrogen) atoms. The fourth-order valence-corrected chi connectivity index (χ4v) is 6.53. The van der Waals surface area contributed by atoms with Crippen molar-refractivity contribution < 1.29 is 14.3 Å². The van der Waals surface area contributed by atoms with Gasteiger partial charge in [-0.3, -0.25) is 4.79 Å². The molecule has 0 amide bonds.